The van der Waals surface area contributed by atoms with E-state index in [1.165, 1.54) is 18.9 Å². The average molecular weight is 365 g/mol. The van der Waals surface area contributed by atoms with Crippen LogP contribution in [-0.4, -0.2) is 47.4 Å². The summed E-state index contributed by atoms with van der Waals surface area (Å²) in [7, 11) is 0. The van der Waals surface area contributed by atoms with Crippen molar-refractivity contribution in [1.82, 2.24) is 4.90 Å². The molecule has 0 aromatic heterocycles. The number of phenolic OH excluding ortho intramolecular Hbond substituents is 1. The van der Waals surface area contributed by atoms with E-state index in [4.69, 9.17) is 4.74 Å². The highest BCUT2D eigenvalue weighted by atomic mass is 19.1. The molecule has 1 aromatic rings. The summed E-state index contributed by atoms with van der Waals surface area (Å²) in [4.78, 5) is 2.63. The van der Waals surface area contributed by atoms with Gasteiger partial charge in [-0.1, -0.05) is 0 Å². The predicted molar refractivity (Wildman–Crippen MR) is 103 cm³/mol. The monoisotopic (exact) mass is 364 g/mol. The molecule has 1 saturated heterocycles. The summed E-state index contributed by atoms with van der Waals surface area (Å²) >= 11 is 0. The lowest BCUT2D eigenvalue weighted by Crippen LogP contribution is -2.53. The Bertz CT molecular complexity index is 606. The normalized spacial score (nSPS) is 28.2. The summed E-state index contributed by atoms with van der Waals surface area (Å²) in [6.45, 7) is 9.21. The highest BCUT2D eigenvalue weighted by Crippen LogP contribution is 2.37. The van der Waals surface area contributed by atoms with Gasteiger partial charge in [0, 0.05) is 31.3 Å². The fourth-order valence-electron chi connectivity index (χ4n) is 4.56. The van der Waals surface area contributed by atoms with E-state index in [0.717, 1.165) is 50.9 Å². The molecule has 1 aliphatic heterocycles. The van der Waals surface area contributed by atoms with Crippen molar-refractivity contribution in [2.24, 2.45) is 0 Å². The van der Waals surface area contributed by atoms with Crippen LogP contribution in [0.5, 0.6) is 5.75 Å². The van der Waals surface area contributed by atoms with Crippen LogP contribution < -0.4 is 5.32 Å². The van der Waals surface area contributed by atoms with Crippen LogP contribution in [0.25, 0.3) is 0 Å². The van der Waals surface area contributed by atoms with Crippen LogP contribution in [0.3, 0.4) is 0 Å². The zero-order chi connectivity index (χ0) is 18.7. The molecule has 1 aromatic carbocycles. The number of likely N-dealkylation sites (tertiary alicyclic amines) is 1. The maximum atomic E-state index is 13.7. The van der Waals surface area contributed by atoms with E-state index in [2.05, 4.69) is 24.1 Å². The number of piperidine rings is 1. The molecule has 0 unspecified atom stereocenters. The number of nitrogens with one attached hydrogen (secondary N) is 1. The molecule has 146 valence electrons. The first-order chi connectivity index (χ1) is 12.4. The van der Waals surface area contributed by atoms with Crippen molar-refractivity contribution in [3.8, 4) is 5.75 Å². The van der Waals surface area contributed by atoms with Crippen molar-refractivity contribution in [3.05, 3.63) is 23.5 Å². The third-order valence-electron chi connectivity index (χ3n) is 6.24. The largest absolute Gasteiger partial charge is 0.503 e. The minimum atomic E-state index is -0.552. The summed E-state index contributed by atoms with van der Waals surface area (Å²) in [6, 6.07) is 3.46. The van der Waals surface area contributed by atoms with E-state index in [-0.39, 0.29) is 17.3 Å². The molecule has 5 heteroatoms. The molecule has 2 fully saturated rings. The second-order valence-corrected chi connectivity index (χ2v) is 8.20. The average Bonchev–Trinajstić information content (AvgIpc) is 2.62. The van der Waals surface area contributed by atoms with Gasteiger partial charge in [-0.25, -0.2) is 4.39 Å². The number of phenols is 1. The van der Waals surface area contributed by atoms with Crippen molar-refractivity contribution < 1.29 is 14.2 Å². The van der Waals surface area contributed by atoms with Gasteiger partial charge in [0.2, 0.25) is 0 Å². The number of halogens is 1. The van der Waals surface area contributed by atoms with Crippen LogP contribution >= 0.6 is 0 Å². The molecular weight excluding hydrogens is 331 g/mol. The second kappa shape index (κ2) is 8.13. The lowest BCUT2D eigenvalue weighted by molar-refractivity contribution is -0.0242. The quantitative estimate of drug-likeness (QED) is 0.758. The predicted octanol–water partition coefficient (Wildman–Crippen LogP) is 4.45. The lowest BCUT2D eigenvalue weighted by atomic mass is 9.79. The Balaban J connectivity index is 1.53. The fraction of sp³-hybridized carbons (Fsp3) is 0.714. The van der Waals surface area contributed by atoms with Gasteiger partial charge in [0.15, 0.2) is 11.6 Å². The fourth-order valence-corrected chi connectivity index (χ4v) is 4.56. The molecule has 1 heterocycles. The molecule has 2 aliphatic rings. The van der Waals surface area contributed by atoms with Crippen molar-refractivity contribution in [2.75, 3.05) is 25.0 Å². The first kappa shape index (κ1) is 19.4. The molecular formula is C21H33FN2O2. The third kappa shape index (κ3) is 4.32. The molecule has 1 aliphatic carbocycles. The van der Waals surface area contributed by atoms with Crippen LogP contribution in [0.4, 0.5) is 10.1 Å². The van der Waals surface area contributed by atoms with Crippen molar-refractivity contribution in [3.63, 3.8) is 0 Å². The number of nitrogens with zero attached hydrogens (tertiary/aromatic N) is 1. The molecule has 1 saturated carbocycles. The van der Waals surface area contributed by atoms with Gasteiger partial charge >= 0.3 is 0 Å². The molecule has 0 radical (unpaired) electrons. The van der Waals surface area contributed by atoms with Crippen LogP contribution in [0, 0.1) is 12.7 Å². The Morgan fingerprint density at radius 1 is 1.23 bits per heavy atom. The minimum Gasteiger partial charge on any atom is -0.503 e. The molecule has 4 nitrogen and oxygen atoms in total. The summed E-state index contributed by atoms with van der Waals surface area (Å²) in [5.41, 5.74) is 1.61. The lowest BCUT2D eigenvalue weighted by Gasteiger charge is -2.48. The maximum absolute atomic E-state index is 13.7. The minimum absolute atomic E-state index is 0.265. The van der Waals surface area contributed by atoms with Gasteiger partial charge in [-0.3, -0.25) is 4.90 Å². The number of aromatic hydroxyl groups is 1. The van der Waals surface area contributed by atoms with Gasteiger partial charge < -0.3 is 15.2 Å². The number of anilines is 1. The van der Waals surface area contributed by atoms with Gasteiger partial charge in [0.1, 0.15) is 0 Å². The highest BCUT2D eigenvalue weighted by Gasteiger charge is 2.38. The second-order valence-electron chi connectivity index (χ2n) is 8.20. The van der Waals surface area contributed by atoms with Crippen LogP contribution in [0.15, 0.2) is 12.1 Å². The van der Waals surface area contributed by atoms with Gasteiger partial charge in [-0.05, 0) is 77.0 Å². The van der Waals surface area contributed by atoms with Gasteiger partial charge in [-0.2, -0.15) is 0 Å². The van der Waals surface area contributed by atoms with Crippen LogP contribution in [0.1, 0.15) is 57.9 Å². The standard InChI is InChI=1S/C21H33FN2O2/c1-4-26-17-5-9-21(3,10-6-17)24-11-7-16(8-12-24)23-19-14-15(2)13-18(22)20(19)25/h13-14,16-17,23,25H,4-12H2,1-3H3/t17-,21-. The van der Waals surface area contributed by atoms with E-state index in [9.17, 15) is 9.50 Å². The van der Waals surface area contributed by atoms with Crippen LogP contribution in [0.2, 0.25) is 0 Å². The van der Waals surface area contributed by atoms with E-state index in [1.807, 2.05) is 13.0 Å². The number of hydrogen-bond donors (Lipinski definition) is 2. The van der Waals surface area contributed by atoms with Crippen LogP contribution in [-0.2, 0) is 4.74 Å². The molecule has 0 atom stereocenters. The number of aryl methyl sites for hydroxylation is 1. The Labute approximate surface area is 156 Å². The van der Waals surface area contributed by atoms with Gasteiger partial charge in [-0.15, -0.1) is 0 Å². The van der Waals surface area contributed by atoms with Crippen molar-refractivity contribution >= 4 is 5.69 Å². The summed E-state index contributed by atoms with van der Waals surface area (Å²) in [5.74, 6) is -0.817. The Morgan fingerprint density at radius 2 is 1.88 bits per heavy atom. The molecule has 0 bridgehead atoms. The number of hydrogen-bond acceptors (Lipinski definition) is 4. The zero-order valence-corrected chi connectivity index (χ0v) is 16.4. The van der Waals surface area contributed by atoms with E-state index < -0.39 is 5.82 Å². The Hall–Kier alpha value is -1.33. The molecule has 26 heavy (non-hydrogen) atoms. The highest BCUT2D eigenvalue weighted by molar-refractivity contribution is 5.58. The topological polar surface area (TPSA) is 44.7 Å². The first-order valence-electron chi connectivity index (χ1n) is 10.0. The summed E-state index contributed by atoms with van der Waals surface area (Å²) in [6.07, 6.45) is 7.15. The third-order valence-corrected chi connectivity index (χ3v) is 6.24. The van der Waals surface area contributed by atoms with E-state index in [0.29, 0.717) is 11.8 Å². The number of ether oxygens (including phenoxy) is 1. The molecule has 0 spiro atoms. The zero-order valence-electron chi connectivity index (χ0n) is 16.4. The Morgan fingerprint density at radius 3 is 2.50 bits per heavy atom. The number of rotatable bonds is 5. The summed E-state index contributed by atoms with van der Waals surface area (Å²) in [5, 5.41) is 13.3. The maximum Gasteiger partial charge on any atom is 0.174 e. The summed E-state index contributed by atoms with van der Waals surface area (Å²) < 4.78 is 19.5. The van der Waals surface area contributed by atoms with Gasteiger partial charge in [0.05, 0.1) is 11.8 Å². The molecule has 3 rings (SSSR count). The smallest absolute Gasteiger partial charge is 0.174 e. The number of benzene rings is 1. The van der Waals surface area contributed by atoms with Crippen molar-refractivity contribution in [1.29, 1.82) is 0 Å². The molecule has 2 N–H and O–H groups in total. The Kier molecular flexibility index (Phi) is 6.08. The van der Waals surface area contributed by atoms with E-state index >= 15 is 0 Å². The first-order valence-corrected chi connectivity index (χ1v) is 10.0. The van der Waals surface area contributed by atoms with Gasteiger partial charge in [0.25, 0.3) is 0 Å². The van der Waals surface area contributed by atoms with Crippen molar-refractivity contribution in [2.45, 2.75) is 77.0 Å². The molecule has 0 amide bonds. The van der Waals surface area contributed by atoms with E-state index in [1.54, 1.807) is 0 Å². The SMILES string of the molecule is CCO[C@H]1CC[C@](C)(N2CCC(Nc3cc(C)cc(F)c3O)CC2)CC1.